The molecule has 0 radical (unpaired) electrons. The molecule has 0 spiro atoms. The van der Waals surface area contributed by atoms with Crippen molar-refractivity contribution in [3.8, 4) is 29.2 Å². The van der Waals surface area contributed by atoms with Gasteiger partial charge < -0.3 is 4.52 Å². The molecule has 0 aliphatic heterocycles. The molecule has 2 aromatic heterocycles. The molecule has 3 aromatic rings. The van der Waals surface area contributed by atoms with Gasteiger partial charge in [0.1, 0.15) is 0 Å². The first-order valence-corrected chi connectivity index (χ1v) is 6.31. The van der Waals surface area contributed by atoms with Crippen LogP contribution in [0.3, 0.4) is 0 Å². The van der Waals surface area contributed by atoms with Gasteiger partial charge in [-0.2, -0.15) is 10.2 Å². The molecule has 3 rings (SSSR count). The highest BCUT2D eigenvalue weighted by Crippen LogP contribution is 2.24. The van der Waals surface area contributed by atoms with E-state index in [2.05, 4.69) is 26.2 Å². The van der Waals surface area contributed by atoms with Crippen molar-refractivity contribution in [2.45, 2.75) is 13.8 Å². The van der Waals surface area contributed by atoms with Gasteiger partial charge >= 0.3 is 0 Å². The zero-order valence-corrected chi connectivity index (χ0v) is 11.5. The summed E-state index contributed by atoms with van der Waals surface area (Å²) < 4.78 is 5.27. The molecule has 0 atom stereocenters. The monoisotopic (exact) mass is 277 g/mol. The van der Waals surface area contributed by atoms with Crippen LogP contribution in [-0.2, 0) is 0 Å². The summed E-state index contributed by atoms with van der Waals surface area (Å²) in [6.45, 7) is 3.80. The Morgan fingerprint density at radius 3 is 2.52 bits per heavy atom. The molecule has 21 heavy (non-hydrogen) atoms. The predicted molar refractivity (Wildman–Crippen MR) is 74.9 cm³/mol. The number of nitrogens with zero attached hydrogens (tertiary/aromatic N) is 5. The topological polar surface area (TPSA) is 88.5 Å². The smallest absolute Gasteiger partial charge is 0.258 e. The van der Waals surface area contributed by atoms with Crippen molar-refractivity contribution in [3.63, 3.8) is 0 Å². The SMILES string of the molecule is Cc1cnc(-c2noc(-c3ccc(C#N)cc3C)n2)nc1. The Labute approximate surface area is 121 Å². The van der Waals surface area contributed by atoms with Crippen molar-refractivity contribution >= 4 is 0 Å². The first kappa shape index (κ1) is 12.9. The number of hydrogen-bond donors (Lipinski definition) is 0. The molecule has 6 nitrogen and oxygen atoms in total. The van der Waals surface area contributed by atoms with E-state index < -0.39 is 0 Å². The molecule has 0 unspecified atom stereocenters. The zero-order valence-electron chi connectivity index (χ0n) is 11.5. The fraction of sp³-hybridized carbons (Fsp3) is 0.133. The van der Waals surface area contributed by atoms with Gasteiger partial charge in [0.25, 0.3) is 5.89 Å². The minimum Gasteiger partial charge on any atom is -0.333 e. The molecule has 0 aliphatic rings. The number of benzene rings is 1. The molecule has 0 saturated carbocycles. The van der Waals surface area contributed by atoms with Gasteiger partial charge in [-0.25, -0.2) is 9.97 Å². The Hall–Kier alpha value is -3.07. The largest absolute Gasteiger partial charge is 0.333 e. The predicted octanol–water partition coefficient (Wildman–Crippen LogP) is 2.68. The van der Waals surface area contributed by atoms with E-state index in [0.717, 1.165) is 16.7 Å². The van der Waals surface area contributed by atoms with E-state index in [1.165, 1.54) is 0 Å². The van der Waals surface area contributed by atoms with Crippen LogP contribution in [0, 0.1) is 25.2 Å². The lowest BCUT2D eigenvalue weighted by molar-refractivity contribution is 0.431. The van der Waals surface area contributed by atoms with Gasteiger partial charge in [-0.1, -0.05) is 5.16 Å². The summed E-state index contributed by atoms with van der Waals surface area (Å²) >= 11 is 0. The highest BCUT2D eigenvalue weighted by atomic mass is 16.5. The van der Waals surface area contributed by atoms with Crippen LogP contribution in [0.15, 0.2) is 35.1 Å². The summed E-state index contributed by atoms with van der Waals surface area (Å²) in [5.74, 6) is 1.15. The number of nitriles is 1. The fourth-order valence-corrected chi connectivity index (χ4v) is 1.90. The second kappa shape index (κ2) is 5.13. The van der Waals surface area contributed by atoms with E-state index in [-0.39, 0.29) is 0 Å². The Kier molecular flexibility index (Phi) is 3.16. The van der Waals surface area contributed by atoms with Crippen LogP contribution in [0.25, 0.3) is 23.1 Å². The van der Waals surface area contributed by atoms with Crippen LogP contribution in [0.1, 0.15) is 16.7 Å². The summed E-state index contributed by atoms with van der Waals surface area (Å²) in [7, 11) is 0. The Morgan fingerprint density at radius 2 is 1.86 bits per heavy atom. The molecule has 6 heteroatoms. The van der Waals surface area contributed by atoms with Crippen molar-refractivity contribution in [1.82, 2.24) is 20.1 Å². The van der Waals surface area contributed by atoms with Crippen LogP contribution in [0.4, 0.5) is 0 Å². The molecule has 0 N–H and O–H groups in total. The van der Waals surface area contributed by atoms with E-state index in [0.29, 0.717) is 23.1 Å². The average Bonchev–Trinajstić information content (AvgIpc) is 2.97. The molecule has 0 amide bonds. The van der Waals surface area contributed by atoms with Gasteiger partial charge in [0.05, 0.1) is 11.6 Å². The maximum absolute atomic E-state index is 8.88. The lowest BCUT2D eigenvalue weighted by Gasteiger charge is -1.99. The maximum Gasteiger partial charge on any atom is 0.258 e. The molecule has 1 aromatic carbocycles. The summed E-state index contributed by atoms with van der Waals surface area (Å²) in [6.07, 6.45) is 3.40. The quantitative estimate of drug-likeness (QED) is 0.715. The Balaban J connectivity index is 1.99. The van der Waals surface area contributed by atoms with Crippen molar-refractivity contribution in [2.75, 3.05) is 0 Å². The number of hydrogen-bond acceptors (Lipinski definition) is 6. The molecule has 0 saturated heterocycles. The molecule has 0 aliphatic carbocycles. The minimum absolute atomic E-state index is 0.341. The lowest BCUT2D eigenvalue weighted by Crippen LogP contribution is -1.91. The highest BCUT2D eigenvalue weighted by Gasteiger charge is 2.14. The standard InChI is InChI=1S/C15H11N5O/c1-9-7-17-13(18-8-9)14-19-15(21-20-14)12-4-3-11(6-16)5-10(12)2/h3-5,7-8H,1-2H3. The third kappa shape index (κ3) is 2.49. The van der Waals surface area contributed by atoms with E-state index in [1.54, 1.807) is 30.6 Å². The normalized spacial score (nSPS) is 10.3. The van der Waals surface area contributed by atoms with E-state index in [1.807, 2.05) is 13.8 Å². The van der Waals surface area contributed by atoms with Crippen LogP contribution >= 0.6 is 0 Å². The number of aryl methyl sites for hydroxylation is 2. The van der Waals surface area contributed by atoms with Crippen molar-refractivity contribution in [1.29, 1.82) is 5.26 Å². The first-order valence-electron chi connectivity index (χ1n) is 6.31. The molecular weight excluding hydrogens is 266 g/mol. The van der Waals surface area contributed by atoms with Crippen LogP contribution in [0.5, 0.6) is 0 Å². The summed E-state index contributed by atoms with van der Waals surface area (Å²) in [4.78, 5) is 12.6. The third-order valence-corrected chi connectivity index (χ3v) is 2.99. The first-order chi connectivity index (χ1) is 10.2. The Morgan fingerprint density at radius 1 is 1.10 bits per heavy atom. The average molecular weight is 277 g/mol. The van der Waals surface area contributed by atoms with E-state index in [9.17, 15) is 0 Å². The Bertz CT molecular complexity index is 830. The number of rotatable bonds is 2. The van der Waals surface area contributed by atoms with E-state index in [4.69, 9.17) is 9.78 Å². The van der Waals surface area contributed by atoms with Gasteiger partial charge in [0.2, 0.25) is 11.6 Å². The summed E-state index contributed by atoms with van der Waals surface area (Å²) in [5, 5.41) is 12.8. The van der Waals surface area contributed by atoms with Gasteiger partial charge in [-0.15, -0.1) is 0 Å². The van der Waals surface area contributed by atoms with Crippen molar-refractivity contribution < 1.29 is 4.52 Å². The maximum atomic E-state index is 8.88. The lowest BCUT2D eigenvalue weighted by atomic mass is 10.1. The molecule has 0 bridgehead atoms. The summed E-state index contributed by atoms with van der Waals surface area (Å²) in [6, 6.07) is 7.39. The van der Waals surface area contributed by atoms with Crippen LogP contribution in [-0.4, -0.2) is 20.1 Å². The van der Waals surface area contributed by atoms with Gasteiger partial charge in [-0.05, 0) is 43.2 Å². The van der Waals surface area contributed by atoms with Gasteiger partial charge in [-0.3, -0.25) is 0 Å². The molecular formula is C15H11N5O. The zero-order chi connectivity index (χ0) is 14.8. The minimum atomic E-state index is 0.341. The van der Waals surface area contributed by atoms with E-state index >= 15 is 0 Å². The van der Waals surface area contributed by atoms with Gasteiger partial charge in [0.15, 0.2) is 0 Å². The third-order valence-electron chi connectivity index (χ3n) is 2.99. The molecule has 0 fully saturated rings. The highest BCUT2D eigenvalue weighted by molar-refractivity contribution is 5.61. The second-order valence-electron chi connectivity index (χ2n) is 4.65. The van der Waals surface area contributed by atoms with Crippen LogP contribution in [0.2, 0.25) is 0 Å². The fourth-order valence-electron chi connectivity index (χ4n) is 1.90. The number of aromatic nitrogens is 4. The van der Waals surface area contributed by atoms with Crippen molar-refractivity contribution in [2.24, 2.45) is 0 Å². The van der Waals surface area contributed by atoms with Crippen molar-refractivity contribution in [3.05, 3.63) is 47.3 Å². The van der Waals surface area contributed by atoms with Gasteiger partial charge in [0, 0.05) is 18.0 Å². The van der Waals surface area contributed by atoms with Crippen LogP contribution < -0.4 is 0 Å². The molecule has 102 valence electrons. The molecule has 2 heterocycles. The second-order valence-corrected chi connectivity index (χ2v) is 4.65. The summed E-state index contributed by atoms with van der Waals surface area (Å²) in [5.41, 5.74) is 3.25.